The fourth-order valence-electron chi connectivity index (χ4n) is 3.97. The van der Waals surface area contributed by atoms with Gasteiger partial charge in [-0.1, -0.05) is 32.7 Å². The average Bonchev–Trinajstić information content (AvgIpc) is 3.43. The van der Waals surface area contributed by atoms with Gasteiger partial charge in [-0.3, -0.25) is 14.1 Å². The van der Waals surface area contributed by atoms with E-state index in [9.17, 15) is 4.79 Å². The Labute approximate surface area is 226 Å². The molecule has 1 amide bonds. The van der Waals surface area contributed by atoms with Crippen molar-refractivity contribution in [3.05, 3.63) is 75.4 Å². The highest BCUT2D eigenvalue weighted by molar-refractivity contribution is 9.10. The molecular formula is C23H23BrCl3N7O. The van der Waals surface area contributed by atoms with E-state index in [0.717, 1.165) is 34.6 Å². The Morgan fingerprint density at radius 2 is 1.71 bits per heavy atom. The Balaban J connectivity index is 0.000000917. The van der Waals surface area contributed by atoms with Gasteiger partial charge in [0.2, 0.25) is 0 Å². The largest absolute Gasteiger partial charge is 0.335 e. The van der Waals surface area contributed by atoms with Gasteiger partial charge in [0.25, 0.3) is 5.91 Å². The number of nitrogens with zero attached hydrogens (tertiary/aromatic N) is 7. The lowest BCUT2D eigenvalue weighted by molar-refractivity contribution is 0.0619. The Kier molecular flexibility index (Phi) is 8.67. The van der Waals surface area contributed by atoms with Crippen molar-refractivity contribution in [2.75, 3.05) is 31.5 Å². The summed E-state index contributed by atoms with van der Waals surface area (Å²) in [6.45, 7) is 5.39. The van der Waals surface area contributed by atoms with Crippen LogP contribution in [-0.2, 0) is 6.54 Å². The number of carbonyl (C=O) groups excluding carboxylic acids is 1. The van der Waals surface area contributed by atoms with E-state index in [4.69, 9.17) is 34.8 Å². The minimum atomic E-state index is -0.0156. The van der Waals surface area contributed by atoms with E-state index in [2.05, 4.69) is 36.1 Å². The summed E-state index contributed by atoms with van der Waals surface area (Å²) in [4.78, 5) is 21.9. The summed E-state index contributed by atoms with van der Waals surface area (Å²) >= 11 is 19.1. The van der Waals surface area contributed by atoms with Gasteiger partial charge in [-0.15, -0.1) is 28.3 Å². The first kappa shape index (κ1) is 25.9. The number of imidazole rings is 1. The molecule has 0 aliphatic carbocycles. The molecule has 4 heterocycles. The number of hydrogen-bond donors (Lipinski definition) is 0. The quantitative estimate of drug-likeness (QED) is 0.308. The summed E-state index contributed by atoms with van der Waals surface area (Å²) in [5, 5.41) is 9.33. The van der Waals surface area contributed by atoms with Crippen LogP contribution in [0.15, 0.2) is 53.3 Å². The van der Waals surface area contributed by atoms with E-state index >= 15 is 0 Å². The summed E-state index contributed by atoms with van der Waals surface area (Å²) in [6.07, 6.45) is 3.70. The SMILES string of the molecule is Cc1nc2ccc(Cl)cn2c1C(=O)N1CCN(Cc2cn(-c3ccc(Br)cc3)nn2)CC1.ClCCl. The first-order chi connectivity index (χ1) is 16.9. The van der Waals surface area contributed by atoms with Crippen LogP contribution < -0.4 is 0 Å². The molecule has 0 atom stereocenters. The number of aryl methyl sites for hydroxylation is 1. The van der Waals surface area contributed by atoms with Crippen LogP contribution in [0.5, 0.6) is 0 Å². The first-order valence-corrected chi connectivity index (χ1v) is 13.1. The van der Waals surface area contributed by atoms with Crippen LogP contribution in [0.4, 0.5) is 0 Å². The highest BCUT2D eigenvalue weighted by atomic mass is 79.9. The van der Waals surface area contributed by atoms with Crippen LogP contribution in [0.1, 0.15) is 21.9 Å². The smallest absolute Gasteiger partial charge is 0.272 e. The van der Waals surface area contributed by atoms with E-state index in [-0.39, 0.29) is 11.2 Å². The minimum absolute atomic E-state index is 0.0156. The molecule has 0 N–H and O–H groups in total. The second kappa shape index (κ2) is 11.7. The normalized spacial score (nSPS) is 14.1. The molecule has 1 aliphatic rings. The number of benzene rings is 1. The summed E-state index contributed by atoms with van der Waals surface area (Å²) in [5.74, 6) is -0.0156. The Bertz CT molecular complexity index is 1300. The van der Waals surface area contributed by atoms with Gasteiger partial charge in [-0.25, -0.2) is 9.67 Å². The van der Waals surface area contributed by atoms with Gasteiger partial charge in [-0.2, -0.15) is 0 Å². The summed E-state index contributed by atoms with van der Waals surface area (Å²) in [7, 11) is 0. The molecule has 0 spiro atoms. The number of rotatable bonds is 4. The summed E-state index contributed by atoms with van der Waals surface area (Å²) < 4.78 is 4.59. The lowest BCUT2D eigenvalue weighted by Gasteiger charge is -2.34. The maximum Gasteiger partial charge on any atom is 0.272 e. The number of hydrogen-bond acceptors (Lipinski definition) is 5. The van der Waals surface area contributed by atoms with Crippen molar-refractivity contribution in [1.29, 1.82) is 0 Å². The zero-order valence-electron chi connectivity index (χ0n) is 18.9. The Morgan fingerprint density at radius 3 is 2.40 bits per heavy atom. The van der Waals surface area contributed by atoms with E-state index in [0.29, 0.717) is 36.0 Å². The minimum Gasteiger partial charge on any atom is -0.335 e. The highest BCUT2D eigenvalue weighted by Gasteiger charge is 2.26. The standard InChI is InChI=1S/C22H21BrClN7O.CH2Cl2/c1-15-21(30-12-17(24)4-7-20(30)25-15)22(32)29-10-8-28(9-11-29)13-18-14-31(27-26-18)19-5-2-16(23)3-6-19;2-1-3/h2-7,12,14H,8-11,13H2,1H3;1H2. The number of fused-ring (bicyclic) bond motifs is 1. The number of halogens is 4. The predicted molar refractivity (Wildman–Crippen MR) is 142 cm³/mol. The highest BCUT2D eigenvalue weighted by Crippen LogP contribution is 2.19. The molecule has 1 aliphatic heterocycles. The third-order valence-electron chi connectivity index (χ3n) is 5.64. The van der Waals surface area contributed by atoms with Crippen molar-refractivity contribution >= 4 is 62.3 Å². The van der Waals surface area contributed by atoms with E-state index in [1.165, 1.54) is 0 Å². The number of pyridine rings is 1. The second-order valence-electron chi connectivity index (χ2n) is 7.92. The van der Waals surface area contributed by atoms with Gasteiger partial charge in [0.15, 0.2) is 0 Å². The molecule has 1 fully saturated rings. The van der Waals surface area contributed by atoms with Gasteiger partial charge >= 0.3 is 0 Å². The Hall–Kier alpha value is -2.17. The van der Waals surface area contributed by atoms with Crippen molar-refractivity contribution in [3.8, 4) is 5.69 Å². The topological polar surface area (TPSA) is 71.6 Å². The van der Waals surface area contributed by atoms with Crippen LogP contribution in [-0.4, -0.2) is 71.6 Å². The summed E-state index contributed by atoms with van der Waals surface area (Å²) in [5.41, 5.74) is 3.88. The van der Waals surface area contributed by atoms with Crippen LogP contribution in [0.3, 0.4) is 0 Å². The lowest BCUT2D eigenvalue weighted by atomic mass is 10.2. The molecule has 5 rings (SSSR count). The third-order valence-corrected chi connectivity index (χ3v) is 6.39. The molecule has 1 saturated heterocycles. The second-order valence-corrected chi connectivity index (χ2v) is 10.1. The molecule has 1 aromatic carbocycles. The fourth-order valence-corrected chi connectivity index (χ4v) is 4.40. The van der Waals surface area contributed by atoms with Gasteiger partial charge < -0.3 is 4.90 Å². The number of alkyl halides is 2. The predicted octanol–water partition coefficient (Wildman–Crippen LogP) is 5.02. The number of carbonyl (C=O) groups is 1. The maximum atomic E-state index is 13.2. The van der Waals surface area contributed by atoms with Crippen molar-refractivity contribution in [2.24, 2.45) is 0 Å². The van der Waals surface area contributed by atoms with E-state index < -0.39 is 0 Å². The number of amides is 1. The van der Waals surface area contributed by atoms with Gasteiger partial charge in [0.1, 0.15) is 11.3 Å². The maximum absolute atomic E-state index is 13.2. The zero-order chi connectivity index (χ0) is 24.9. The summed E-state index contributed by atoms with van der Waals surface area (Å²) in [6, 6.07) is 11.5. The lowest BCUT2D eigenvalue weighted by Crippen LogP contribution is -2.48. The number of aromatic nitrogens is 5. The van der Waals surface area contributed by atoms with Crippen molar-refractivity contribution < 1.29 is 4.79 Å². The van der Waals surface area contributed by atoms with Crippen molar-refractivity contribution in [2.45, 2.75) is 13.5 Å². The molecule has 8 nitrogen and oxygen atoms in total. The van der Waals surface area contributed by atoms with Gasteiger partial charge in [0, 0.05) is 43.4 Å². The monoisotopic (exact) mass is 597 g/mol. The molecule has 184 valence electrons. The molecule has 0 bridgehead atoms. The van der Waals surface area contributed by atoms with E-state index in [1.54, 1.807) is 21.3 Å². The van der Waals surface area contributed by atoms with Crippen molar-refractivity contribution in [3.63, 3.8) is 0 Å². The number of piperazine rings is 1. The van der Waals surface area contributed by atoms with Crippen LogP contribution in [0, 0.1) is 6.92 Å². The molecule has 35 heavy (non-hydrogen) atoms. The molecule has 3 aromatic heterocycles. The molecule has 4 aromatic rings. The zero-order valence-corrected chi connectivity index (χ0v) is 22.8. The first-order valence-electron chi connectivity index (χ1n) is 10.8. The molecule has 0 unspecified atom stereocenters. The molecule has 0 radical (unpaired) electrons. The van der Waals surface area contributed by atoms with Gasteiger partial charge in [-0.05, 0) is 43.3 Å². The molecule has 0 saturated carbocycles. The van der Waals surface area contributed by atoms with Crippen molar-refractivity contribution in [1.82, 2.24) is 34.2 Å². The Morgan fingerprint density at radius 1 is 1.03 bits per heavy atom. The third kappa shape index (κ3) is 6.16. The van der Waals surface area contributed by atoms with Crippen LogP contribution in [0.25, 0.3) is 11.3 Å². The van der Waals surface area contributed by atoms with E-state index in [1.807, 2.05) is 48.4 Å². The van der Waals surface area contributed by atoms with Crippen LogP contribution >= 0.6 is 50.7 Å². The average molecular weight is 600 g/mol. The van der Waals surface area contributed by atoms with Crippen LogP contribution in [0.2, 0.25) is 5.02 Å². The fraction of sp³-hybridized carbons (Fsp3) is 0.304. The van der Waals surface area contributed by atoms with Gasteiger partial charge in [0.05, 0.1) is 33.6 Å². The molecular weight excluding hydrogens is 577 g/mol. The molecule has 12 heteroatoms.